The third kappa shape index (κ3) is 7.91. The molecule has 2 radical (unpaired) electrons. The number of rotatable bonds is 2. The number of nitrogens with zero attached hydrogens (tertiary/aromatic N) is 1. The van der Waals surface area contributed by atoms with Gasteiger partial charge in [-0.15, -0.1) is 0 Å². The van der Waals surface area contributed by atoms with E-state index in [2.05, 4.69) is 7.85 Å². The first-order valence-corrected chi connectivity index (χ1v) is 6.83. The molecular formula is C14H26BNO3. The van der Waals surface area contributed by atoms with Crippen molar-refractivity contribution in [3.05, 3.63) is 0 Å². The Morgan fingerprint density at radius 3 is 2.05 bits per heavy atom. The molecule has 19 heavy (non-hydrogen) atoms. The van der Waals surface area contributed by atoms with Crippen LogP contribution in [0.25, 0.3) is 0 Å². The molecule has 0 aromatic rings. The molecule has 0 spiro atoms. The van der Waals surface area contributed by atoms with Crippen molar-refractivity contribution in [2.24, 2.45) is 5.92 Å². The zero-order chi connectivity index (χ0) is 15.1. The van der Waals surface area contributed by atoms with Crippen LogP contribution in [-0.2, 0) is 9.53 Å². The van der Waals surface area contributed by atoms with Gasteiger partial charge < -0.3 is 14.4 Å². The van der Waals surface area contributed by atoms with Crippen molar-refractivity contribution >= 4 is 19.7 Å². The van der Waals surface area contributed by atoms with Crippen molar-refractivity contribution in [1.29, 1.82) is 0 Å². The number of ether oxygens (including phenoxy) is 1. The minimum atomic E-state index is -0.437. The van der Waals surface area contributed by atoms with Gasteiger partial charge in [0.1, 0.15) is 11.4 Å². The summed E-state index contributed by atoms with van der Waals surface area (Å²) in [5, 5.41) is 0. The molecular weight excluding hydrogens is 241 g/mol. The topological polar surface area (TPSA) is 46.6 Å². The summed E-state index contributed by atoms with van der Waals surface area (Å²) in [7, 11) is 4.50. The number of Topliss-reactive ketones (excluding diaryl/α,β-unsaturated/α-hetero) is 1. The van der Waals surface area contributed by atoms with Gasteiger partial charge in [0.15, 0.2) is 0 Å². The van der Waals surface area contributed by atoms with Crippen molar-refractivity contribution in [2.75, 3.05) is 13.1 Å². The van der Waals surface area contributed by atoms with Crippen molar-refractivity contribution in [2.45, 2.75) is 59.4 Å². The third-order valence-corrected chi connectivity index (χ3v) is 2.84. The van der Waals surface area contributed by atoms with Gasteiger partial charge in [-0.1, -0.05) is 6.82 Å². The third-order valence-electron chi connectivity index (χ3n) is 2.84. The predicted octanol–water partition coefficient (Wildman–Crippen LogP) is 2.82. The van der Waals surface area contributed by atoms with E-state index >= 15 is 0 Å². The first kappa shape index (κ1) is 18.0. The van der Waals surface area contributed by atoms with E-state index in [1.165, 1.54) is 6.82 Å². The maximum absolute atomic E-state index is 11.8. The number of amides is 1. The standard InChI is InChI=1S/C13H23NO3.CH3B/c1-10(15)9-11-5-7-14(8-6-11)12(16)17-13(2,3)4;1-2/h11H,5-9H2,1-4H3;1H3. The molecule has 5 heteroatoms. The summed E-state index contributed by atoms with van der Waals surface area (Å²) in [4.78, 5) is 24.5. The van der Waals surface area contributed by atoms with E-state index in [0.717, 1.165) is 12.8 Å². The molecule has 1 amide bonds. The summed E-state index contributed by atoms with van der Waals surface area (Å²) >= 11 is 0. The smallest absolute Gasteiger partial charge is 0.410 e. The van der Waals surface area contributed by atoms with Gasteiger partial charge in [0, 0.05) is 19.5 Å². The van der Waals surface area contributed by atoms with Gasteiger partial charge in [-0.2, -0.15) is 0 Å². The Bertz CT molecular complexity index is 292. The van der Waals surface area contributed by atoms with Crippen LogP contribution in [0.1, 0.15) is 47.0 Å². The molecule has 0 unspecified atom stereocenters. The minimum absolute atomic E-state index is 0.237. The van der Waals surface area contributed by atoms with Gasteiger partial charge in [0.25, 0.3) is 0 Å². The van der Waals surface area contributed by atoms with Gasteiger partial charge in [0.2, 0.25) is 0 Å². The zero-order valence-corrected chi connectivity index (χ0v) is 12.9. The lowest BCUT2D eigenvalue weighted by atomic mass is 9.92. The van der Waals surface area contributed by atoms with Crippen LogP contribution >= 0.6 is 0 Å². The molecule has 4 nitrogen and oxygen atoms in total. The number of hydrogen-bond acceptors (Lipinski definition) is 3. The summed E-state index contributed by atoms with van der Waals surface area (Å²) in [5.41, 5.74) is -0.437. The van der Waals surface area contributed by atoms with E-state index in [-0.39, 0.29) is 11.9 Å². The van der Waals surface area contributed by atoms with Gasteiger partial charge in [-0.05, 0) is 46.5 Å². The molecule has 1 aliphatic heterocycles. The molecule has 1 saturated heterocycles. The minimum Gasteiger partial charge on any atom is -0.444 e. The van der Waals surface area contributed by atoms with Crippen LogP contribution in [0.3, 0.4) is 0 Å². The highest BCUT2D eigenvalue weighted by Crippen LogP contribution is 2.22. The molecule has 0 saturated carbocycles. The van der Waals surface area contributed by atoms with Gasteiger partial charge in [-0.3, -0.25) is 0 Å². The van der Waals surface area contributed by atoms with Crippen LogP contribution in [0.5, 0.6) is 0 Å². The monoisotopic (exact) mass is 267 g/mol. The highest BCUT2D eigenvalue weighted by molar-refractivity contribution is 6.05. The molecule has 0 N–H and O–H groups in total. The second-order valence-corrected chi connectivity index (χ2v) is 5.82. The Hall–Kier alpha value is -0.995. The summed E-state index contributed by atoms with van der Waals surface area (Å²) in [6.45, 7) is 10.1. The fourth-order valence-electron chi connectivity index (χ4n) is 2.05. The molecule has 0 aliphatic carbocycles. The lowest BCUT2D eigenvalue weighted by Crippen LogP contribution is -2.41. The molecule has 0 aromatic heterocycles. The summed E-state index contributed by atoms with van der Waals surface area (Å²) in [5.74, 6) is 0.673. The Balaban J connectivity index is 0.00000154. The van der Waals surface area contributed by atoms with Crippen LogP contribution < -0.4 is 0 Å². The number of piperidine rings is 1. The maximum Gasteiger partial charge on any atom is 0.410 e. The number of ketones is 1. The Morgan fingerprint density at radius 1 is 1.21 bits per heavy atom. The van der Waals surface area contributed by atoms with Gasteiger partial charge in [0.05, 0.1) is 7.85 Å². The molecule has 1 aliphatic rings. The zero-order valence-electron chi connectivity index (χ0n) is 12.9. The van der Waals surface area contributed by atoms with Crippen LogP contribution in [0.4, 0.5) is 4.79 Å². The van der Waals surface area contributed by atoms with Crippen molar-refractivity contribution in [3.63, 3.8) is 0 Å². The normalized spacial score (nSPS) is 16.4. The Labute approximate surface area is 118 Å². The molecule has 0 bridgehead atoms. The Kier molecular flexibility index (Phi) is 7.80. The molecule has 108 valence electrons. The molecule has 1 fully saturated rings. The second-order valence-electron chi connectivity index (χ2n) is 5.82. The average molecular weight is 267 g/mol. The number of hydrogen-bond donors (Lipinski definition) is 0. The molecule has 0 atom stereocenters. The van der Waals surface area contributed by atoms with Crippen LogP contribution in [-0.4, -0.2) is 43.3 Å². The maximum atomic E-state index is 11.8. The lowest BCUT2D eigenvalue weighted by molar-refractivity contribution is -0.118. The molecule has 1 rings (SSSR count). The van der Waals surface area contributed by atoms with Gasteiger partial charge in [-0.25, -0.2) is 4.79 Å². The number of carbonyl (C=O) groups excluding carboxylic acids is 2. The Morgan fingerprint density at radius 2 is 1.68 bits per heavy atom. The molecule has 1 heterocycles. The van der Waals surface area contributed by atoms with Crippen LogP contribution in [0.2, 0.25) is 6.82 Å². The fourth-order valence-corrected chi connectivity index (χ4v) is 2.05. The first-order valence-electron chi connectivity index (χ1n) is 6.83. The summed E-state index contributed by atoms with van der Waals surface area (Å²) < 4.78 is 5.31. The lowest BCUT2D eigenvalue weighted by Gasteiger charge is -2.33. The van der Waals surface area contributed by atoms with Crippen molar-refractivity contribution < 1.29 is 14.3 Å². The van der Waals surface area contributed by atoms with E-state index in [1.54, 1.807) is 11.8 Å². The van der Waals surface area contributed by atoms with E-state index in [4.69, 9.17) is 4.74 Å². The fraction of sp³-hybridized carbons (Fsp3) is 0.857. The average Bonchev–Trinajstić information content (AvgIpc) is 2.29. The van der Waals surface area contributed by atoms with E-state index in [1.807, 2.05) is 20.8 Å². The predicted molar refractivity (Wildman–Crippen MR) is 77.4 cm³/mol. The summed E-state index contributed by atoms with van der Waals surface area (Å²) in [6.07, 6.45) is 2.21. The molecule has 0 aromatic carbocycles. The quantitative estimate of drug-likeness (QED) is 0.723. The summed E-state index contributed by atoms with van der Waals surface area (Å²) in [6, 6.07) is 0. The first-order chi connectivity index (χ1) is 8.78. The van der Waals surface area contributed by atoms with Gasteiger partial charge >= 0.3 is 6.09 Å². The second kappa shape index (κ2) is 8.23. The SMILES string of the molecule is CC(=O)CC1CCN(C(=O)OC(C)(C)C)CC1.[B]C. The van der Waals surface area contributed by atoms with E-state index < -0.39 is 5.60 Å². The number of carbonyl (C=O) groups is 2. The van der Waals surface area contributed by atoms with Crippen molar-refractivity contribution in [3.8, 4) is 0 Å². The van der Waals surface area contributed by atoms with Crippen molar-refractivity contribution in [1.82, 2.24) is 4.90 Å². The van der Waals surface area contributed by atoms with Crippen LogP contribution in [0, 0.1) is 5.92 Å². The van der Waals surface area contributed by atoms with Crippen LogP contribution in [0.15, 0.2) is 0 Å². The largest absolute Gasteiger partial charge is 0.444 e. The van der Waals surface area contributed by atoms with E-state index in [0.29, 0.717) is 25.4 Å². The van der Waals surface area contributed by atoms with E-state index in [9.17, 15) is 9.59 Å². The highest BCUT2D eigenvalue weighted by atomic mass is 16.6. The highest BCUT2D eigenvalue weighted by Gasteiger charge is 2.27. The number of likely N-dealkylation sites (tertiary alicyclic amines) is 1.